The molecule has 1 aromatic rings. The Morgan fingerprint density at radius 2 is 1.75 bits per heavy atom. The van der Waals surface area contributed by atoms with Gasteiger partial charge in [-0.25, -0.2) is 4.98 Å². The van der Waals surface area contributed by atoms with Crippen molar-refractivity contribution in [3.63, 3.8) is 0 Å². The molecule has 3 heteroatoms. The van der Waals surface area contributed by atoms with Crippen molar-refractivity contribution in [2.75, 3.05) is 37.6 Å². The topological polar surface area (TPSA) is 19.4 Å². The van der Waals surface area contributed by atoms with Crippen LogP contribution in [0.2, 0.25) is 0 Å². The lowest BCUT2D eigenvalue weighted by Gasteiger charge is -2.35. The molecule has 0 radical (unpaired) electrons. The number of nitrogens with zero attached hydrogens (tertiary/aromatic N) is 3. The minimum atomic E-state index is 0.807. The van der Waals surface area contributed by atoms with Gasteiger partial charge in [0.2, 0.25) is 0 Å². The summed E-state index contributed by atoms with van der Waals surface area (Å²) in [5.74, 6) is 1.94. The zero-order chi connectivity index (χ0) is 15.0. The van der Waals surface area contributed by atoms with Crippen molar-refractivity contribution >= 4 is 5.82 Å². The summed E-state index contributed by atoms with van der Waals surface area (Å²) < 4.78 is 0. The molecular formula is C17H31N3. The Bertz CT molecular complexity index is 351. The van der Waals surface area contributed by atoms with E-state index in [0.29, 0.717) is 0 Å². The molecule has 0 aromatic carbocycles. The van der Waals surface area contributed by atoms with E-state index in [9.17, 15) is 0 Å². The Morgan fingerprint density at radius 3 is 2.25 bits per heavy atom. The molecule has 0 atom stereocenters. The lowest BCUT2D eigenvalue weighted by Crippen LogP contribution is -2.47. The second-order valence-corrected chi connectivity index (χ2v) is 5.70. The molecule has 2 heterocycles. The highest BCUT2D eigenvalue weighted by atomic mass is 15.3. The summed E-state index contributed by atoms with van der Waals surface area (Å²) in [4.78, 5) is 9.48. The van der Waals surface area contributed by atoms with Crippen molar-refractivity contribution in [2.45, 2.75) is 41.0 Å². The number of pyridine rings is 1. The van der Waals surface area contributed by atoms with Gasteiger partial charge in [0, 0.05) is 32.4 Å². The van der Waals surface area contributed by atoms with Crippen LogP contribution in [0.15, 0.2) is 18.3 Å². The van der Waals surface area contributed by atoms with E-state index in [1.165, 1.54) is 31.6 Å². The summed E-state index contributed by atoms with van der Waals surface area (Å²) in [5.41, 5.74) is 1.23. The number of piperazine rings is 1. The van der Waals surface area contributed by atoms with Crippen molar-refractivity contribution < 1.29 is 0 Å². The van der Waals surface area contributed by atoms with Crippen LogP contribution >= 0.6 is 0 Å². The van der Waals surface area contributed by atoms with E-state index in [1.807, 2.05) is 20.0 Å². The number of hydrogen-bond acceptors (Lipinski definition) is 3. The van der Waals surface area contributed by atoms with Crippen LogP contribution in [0, 0.1) is 12.8 Å². The van der Waals surface area contributed by atoms with E-state index in [4.69, 9.17) is 0 Å². The van der Waals surface area contributed by atoms with Gasteiger partial charge in [-0.3, -0.25) is 4.90 Å². The molecule has 1 aliphatic rings. The Morgan fingerprint density at radius 1 is 1.10 bits per heavy atom. The first-order valence-electron chi connectivity index (χ1n) is 8.05. The van der Waals surface area contributed by atoms with Gasteiger partial charge in [0.1, 0.15) is 5.82 Å². The molecule has 0 aliphatic carbocycles. The molecule has 0 spiro atoms. The molecule has 0 bridgehead atoms. The number of hydrogen-bond donors (Lipinski definition) is 0. The summed E-state index contributed by atoms with van der Waals surface area (Å²) in [5, 5.41) is 0. The van der Waals surface area contributed by atoms with Gasteiger partial charge in [-0.1, -0.05) is 33.8 Å². The monoisotopic (exact) mass is 277 g/mol. The maximum absolute atomic E-state index is 4.51. The zero-order valence-corrected chi connectivity index (χ0v) is 13.9. The summed E-state index contributed by atoms with van der Waals surface area (Å²) >= 11 is 0. The second-order valence-electron chi connectivity index (χ2n) is 5.70. The molecule has 114 valence electrons. The third-order valence-electron chi connectivity index (χ3n) is 3.61. The Kier molecular flexibility index (Phi) is 7.60. The minimum Gasteiger partial charge on any atom is -0.354 e. The smallest absolute Gasteiger partial charge is 0.128 e. The fraction of sp³-hybridized carbons (Fsp3) is 0.706. The van der Waals surface area contributed by atoms with Crippen molar-refractivity contribution in [3.8, 4) is 0 Å². The molecule has 1 saturated heterocycles. The van der Waals surface area contributed by atoms with Gasteiger partial charge in [-0.15, -0.1) is 0 Å². The van der Waals surface area contributed by atoms with Gasteiger partial charge in [-0.2, -0.15) is 0 Å². The summed E-state index contributed by atoms with van der Waals surface area (Å²) in [7, 11) is 0. The lowest BCUT2D eigenvalue weighted by molar-refractivity contribution is 0.243. The normalized spacial score (nSPS) is 16.0. The predicted molar refractivity (Wildman–Crippen MR) is 88.4 cm³/mol. The van der Waals surface area contributed by atoms with Crippen molar-refractivity contribution in [2.24, 2.45) is 5.92 Å². The summed E-state index contributed by atoms with van der Waals surface area (Å²) in [6, 6.07) is 4.28. The van der Waals surface area contributed by atoms with Crippen LogP contribution in [0.3, 0.4) is 0 Å². The molecule has 1 aromatic heterocycles. The van der Waals surface area contributed by atoms with Gasteiger partial charge in [-0.05, 0) is 37.4 Å². The van der Waals surface area contributed by atoms with Gasteiger partial charge in [0.25, 0.3) is 0 Å². The standard InChI is InChI=1S/C15H25N3.C2H6/c1-13(2)6-7-17-8-10-18(11-9-17)15-5-4-14(3)12-16-15;1-2/h4-5,12-13H,6-11H2,1-3H3;1-2H3. The molecular weight excluding hydrogens is 246 g/mol. The van der Waals surface area contributed by atoms with Crippen molar-refractivity contribution in [1.82, 2.24) is 9.88 Å². The van der Waals surface area contributed by atoms with Crippen LogP contribution in [0.5, 0.6) is 0 Å². The third kappa shape index (κ3) is 5.49. The number of aryl methyl sites for hydroxylation is 1. The molecule has 0 N–H and O–H groups in total. The van der Waals surface area contributed by atoms with E-state index < -0.39 is 0 Å². The van der Waals surface area contributed by atoms with Gasteiger partial charge >= 0.3 is 0 Å². The molecule has 0 saturated carbocycles. The quantitative estimate of drug-likeness (QED) is 0.838. The number of anilines is 1. The van der Waals surface area contributed by atoms with E-state index in [2.05, 4.69) is 47.7 Å². The number of rotatable bonds is 4. The molecule has 1 aliphatic heterocycles. The first kappa shape index (κ1) is 17.0. The largest absolute Gasteiger partial charge is 0.354 e. The first-order chi connectivity index (χ1) is 9.65. The van der Waals surface area contributed by atoms with E-state index >= 15 is 0 Å². The first-order valence-corrected chi connectivity index (χ1v) is 8.05. The SMILES string of the molecule is CC.Cc1ccc(N2CCN(CCC(C)C)CC2)nc1. The fourth-order valence-corrected chi connectivity index (χ4v) is 2.29. The van der Waals surface area contributed by atoms with Gasteiger partial charge in [0.15, 0.2) is 0 Å². The highest BCUT2D eigenvalue weighted by Crippen LogP contribution is 2.14. The maximum atomic E-state index is 4.51. The average molecular weight is 277 g/mol. The van der Waals surface area contributed by atoms with Crippen molar-refractivity contribution in [3.05, 3.63) is 23.9 Å². The predicted octanol–water partition coefficient (Wildman–Crippen LogP) is 3.58. The maximum Gasteiger partial charge on any atom is 0.128 e. The lowest BCUT2D eigenvalue weighted by atomic mass is 10.1. The van der Waals surface area contributed by atoms with Crippen molar-refractivity contribution in [1.29, 1.82) is 0 Å². The zero-order valence-electron chi connectivity index (χ0n) is 13.9. The summed E-state index contributed by atoms with van der Waals surface area (Å²) in [6.07, 6.45) is 3.27. The Labute approximate surface area is 125 Å². The third-order valence-corrected chi connectivity index (χ3v) is 3.61. The molecule has 20 heavy (non-hydrogen) atoms. The fourth-order valence-electron chi connectivity index (χ4n) is 2.29. The molecule has 3 nitrogen and oxygen atoms in total. The van der Waals surface area contributed by atoms with E-state index in [-0.39, 0.29) is 0 Å². The Balaban J connectivity index is 0.000000956. The van der Waals surface area contributed by atoms with Crippen LogP contribution in [0.1, 0.15) is 39.7 Å². The summed E-state index contributed by atoms with van der Waals surface area (Å²) in [6.45, 7) is 16.5. The number of aromatic nitrogens is 1. The molecule has 0 unspecified atom stereocenters. The highest BCUT2D eigenvalue weighted by molar-refractivity contribution is 5.39. The highest BCUT2D eigenvalue weighted by Gasteiger charge is 2.17. The van der Waals surface area contributed by atoms with Crippen LogP contribution < -0.4 is 4.90 Å². The molecule has 1 fully saturated rings. The minimum absolute atomic E-state index is 0.807. The molecule has 2 rings (SSSR count). The second kappa shape index (κ2) is 8.96. The van der Waals surface area contributed by atoms with E-state index in [0.717, 1.165) is 24.8 Å². The van der Waals surface area contributed by atoms with Crippen LogP contribution in [0.25, 0.3) is 0 Å². The van der Waals surface area contributed by atoms with Gasteiger partial charge in [0.05, 0.1) is 0 Å². The van der Waals surface area contributed by atoms with Gasteiger partial charge < -0.3 is 4.90 Å². The van der Waals surface area contributed by atoms with Crippen LogP contribution in [-0.4, -0.2) is 42.6 Å². The Hall–Kier alpha value is -1.09. The molecule has 0 amide bonds. The van der Waals surface area contributed by atoms with E-state index in [1.54, 1.807) is 0 Å². The van der Waals surface area contributed by atoms with Crippen LogP contribution in [0.4, 0.5) is 5.82 Å². The average Bonchev–Trinajstić information content (AvgIpc) is 2.49. The van der Waals surface area contributed by atoms with Crippen LogP contribution in [-0.2, 0) is 0 Å².